The van der Waals surface area contributed by atoms with Crippen LogP contribution in [0.5, 0.6) is 5.75 Å². The van der Waals surface area contributed by atoms with Crippen LogP contribution in [0, 0.1) is 23.7 Å². The van der Waals surface area contributed by atoms with Crippen LogP contribution in [0.2, 0.25) is 0 Å². The van der Waals surface area contributed by atoms with E-state index in [1.54, 1.807) is 30.5 Å². The molecule has 0 spiro atoms. The Balaban J connectivity index is 1.20. The molecule has 3 heterocycles. The van der Waals surface area contributed by atoms with E-state index in [9.17, 15) is 9.90 Å². The zero-order chi connectivity index (χ0) is 23.5. The number of aldehydes is 1. The molecule has 5 rings (SSSR count). The van der Waals surface area contributed by atoms with E-state index in [1.165, 1.54) is 0 Å². The highest BCUT2D eigenvalue weighted by Gasteiger charge is 2.35. The molecular weight excluding hydrogens is 428 g/mol. The van der Waals surface area contributed by atoms with Crippen molar-refractivity contribution in [2.75, 3.05) is 18.8 Å². The van der Waals surface area contributed by atoms with E-state index >= 15 is 0 Å². The summed E-state index contributed by atoms with van der Waals surface area (Å²) in [5.74, 6) is 7.44. The molecule has 1 saturated carbocycles. The Kier molecular flexibility index (Phi) is 6.28. The van der Waals surface area contributed by atoms with Crippen molar-refractivity contribution in [1.82, 2.24) is 24.9 Å². The van der Waals surface area contributed by atoms with Crippen LogP contribution in [0.1, 0.15) is 36.8 Å². The predicted molar refractivity (Wildman–Crippen MR) is 129 cm³/mol. The molecule has 8 nitrogen and oxygen atoms in total. The van der Waals surface area contributed by atoms with Crippen LogP contribution in [-0.4, -0.2) is 55.4 Å². The van der Waals surface area contributed by atoms with Gasteiger partial charge in [-0.05, 0) is 62.9 Å². The van der Waals surface area contributed by atoms with Gasteiger partial charge in [0.25, 0.3) is 0 Å². The van der Waals surface area contributed by atoms with Gasteiger partial charge in [0.1, 0.15) is 12.0 Å². The summed E-state index contributed by atoms with van der Waals surface area (Å²) < 4.78 is 1.97. The lowest BCUT2D eigenvalue weighted by Gasteiger charge is -2.44. The number of anilines is 1. The van der Waals surface area contributed by atoms with Crippen molar-refractivity contribution in [2.24, 2.45) is 11.8 Å². The van der Waals surface area contributed by atoms with Gasteiger partial charge in [-0.1, -0.05) is 24.0 Å². The van der Waals surface area contributed by atoms with Crippen molar-refractivity contribution in [3.05, 3.63) is 53.9 Å². The Bertz CT molecular complexity index is 1230. The minimum absolute atomic E-state index is 0.130. The molecule has 174 valence electrons. The molecule has 0 unspecified atom stereocenters. The molecule has 2 fully saturated rings. The van der Waals surface area contributed by atoms with Crippen molar-refractivity contribution in [2.45, 2.75) is 38.3 Å². The highest BCUT2D eigenvalue weighted by molar-refractivity contribution is 5.69. The third-order valence-electron chi connectivity index (χ3n) is 6.93. The highest BCUT2D eigenvalue weighted by atomic mass is 16.3. The molecule has 0 amide bonds. The number of likely N-dealkylation sites (tertiary alicyclic amines) is 1. The SMILES string of the molecule is Nc1nnc(-c2ccccc2O)cc1C#Cc1cnn(CC2CCN(C3CC(C=O)C3)CC2)c1. The number of piperidine rings is 1. The number of phenolic OH excluding ortho intramolecular Hbond substituents is 1. The van der Waals surface area contributed by atoms with Gasteiger partial charge in [-0.25, -0.2) is 0 Å². The summed E-state index contributed by atoms with van der Waals surface area (Å²) in [4.78, 5) is 13.4. The molecule has 1 aliphatic carbocycles. The third kappa shape index (κ3) is 4.80. The number of rotatable bonds is 5. The van der Waals surface area contributed by atoms with E-state index in [0.29, 0.717) is 28.8 Å². The summed E-state index contributed by atoms with van der Waals surface area (Å²) in [7, 11) is 0. The van der Waals surface area contributed by atoms with Gasteiger partial charge in [0.05, 0.1) is 23.0 Å². The quantitative estimate of drug-likeness (QED) is 0.449. The van der Waals surface area contributed by atoms with Crippen molar-refractivity contribution < 1.29 is 9.90 Å². The number of nitrogen functional groups attached to an aromatic ring is 1. The van der Waals surface area contributed by atoms with Crippen LogP contribution < -0.4 is 5.73 Å². The summed E-state index contributed by atoms with van der Waals surface area (Å²) in [5.41, 5.74) is 8.45. The number of para-hydroxylation sites is 1. The fourth-order valence-electron chi connectivity index (χ4n) is 4.79. The molecule has 0 radical (unpaired) electrons. The molecular formula is C26H28N6O2. The highest BCUT2D eigenvalue weighted by Crippen LogP contribution is 2.33. The fraction of sp³-hybridized carbons (Fsp3) is 0.385. The second kappa shape index (κ2) is 9.65. The van der Waals surface area contributed by atoms with Gasteiger partial charge in [-0.3, -0.25) is 4.68 Å². The summed E-state index contributed by atoms with van der Waals surface area (Å²) in [6, 6.07) is 9.30. The maximum Gasteiger partial charge on any atom is 0.161 e. The smallest absolute Gasteiger partial charge is 0.161 e. The zero-order valence-electron chi connectivity index (χ0n) is 19.0. The molecule has 2 aliphatic rings. The van der Waals surface area contributed by atoms with E-state index in [4.69, 9.17) is 5.73 Å². The molecule has 34 heavy (non-hydrogen) atoms. The first-order valence-corrected chi connectivity index (χ1v) is 11.7. The Morgan fingerprint density at radius 1 is 1.15 bits per heavy atom. The standard InChI is InChI=1S/C26H28N6O2/c27-26-21(13-24(29-30-26)23-3-1-2-4-25(23)34)6-5-19-14-28-32(16-19)15-18-7-9-31(10-8-18)22-11-20(12-22)17-33/h1-4,13-14,16-18,20,22,34H,7-12,15H2,(H2,27,30). The Morgan fingerprint density at radius 2 is 1.94 bits per heavy atom. The number of carbonyl (C=O) groups is 1. The maximum absolute atomic E-state index is 10.8. The Hall–Kier alpha value is -3.70. The van der Waals surface area contributed by atoms with Crippen LogP contribution in [0.4, 0.5) is 5.82 Å². The van der Waals surface area contributed by atoms with Crippen LogP contribution in [-0.2, 0) is 11.3 Å². The first kappa shape index (κ1) is 22.1. The Labute approximate surface area is 198 Å². The number of benzene rings is 1. The van der Waals surface area contributed by atoms with Gasteiger partial charge in [0, 0.05) is 30.3 Å². The number of aromatic hydroxyl groups is 1. The monoisotopic (exact) mass is 456 g/mol. The van der Waals surface area contributed by atoms with E-state index in [2.05, 4.69) is 32.0 Å². The van der Waals surface area contributed by atoms with Gasteiger partial charge in [-0.15, -0.1) is 10.2 Å². The summed E-state index contributed by atoms with van der Waals surface area (Å²) in [6.07, 6.45) is 9.20. The molecule has 1 aliphatic heterocycles. The lowest BCUT2D eigenvalue weighted by atomic mass is 9.79. The molecule has 8 heteroatoms. The molecule has 0 bridgehead atoms. The van der Waals surface area contributed by atoms with Crippen LogP contribution in [0.15, 0.2) is 42.7 Å². The van der Waals surface area contributed by atoms with Gasteiger partial charge < -0.3 is 20.5 Å². The lowest BCUT2D eigenvalue weighted by molar-refractivity contribution is -0.115. The van der Waals surface area contributed by atoms with E-state index in [0.717, 1.165) is 57.2 Å². The number of nitrogens with two attached hydrogens (primary N) is 1. The van der Waals surface area contributed by atoms with Gasteiger partial charge in [0.15, 0.2) is 5.82 Å². The average Bonchev–Trinajstić information content (AvgIpc) is 3.27. The number of carbonyl (C=O) groups excluding carboxylic acids is 1. The zero-order valence-corrected chi connectivity index (χ0v) is 19.0. The van der Waals surface area contributed by atoms with Crippen molar-refractivity contribution in [3.63, 3.8) is 0 Å². The maximum atomic E-state index is 10.8. The number of phenols is 1. The molecule has 2 aromatic heterocycles. The Morgan fingerprint density at radius 3 is 2.71 bits per heavy atom. The van der Waals surface area contributed by atoms with Gasteiger partial charge >= 0.3 is 0 Å². The van der Waals surface area contributed by atoms with E-state index in [1.807, 2.05) is 16.9 Å². The first-order chi connectivity index (χ1) is 16.6. The van der Waals surface area contributed by atoms with Crippen molar-refractivity contribution in [1.29, 1.82) is 0 Å². The van der Waals surface area contributed by atoms with Crippen LogP contribution in [0.25, 0.3) is 11.3 Å². The van der Waals surface area contributed by atoms with Gasteiger partial charge in [-0.2, -0.15) is 5.10 Å². The first-order valence-electron chi connectivity index (χ1n) is 11.7. The molecule has 3 N–H and O–H groups in total. The van der Waals surface area contributed by atoms with Crippen LogP contribution >= 0.6 is 0 Å². The number of nitrogens with zero attached hydrogens (tertiary/aromatic N) is 5. The molecule has 3 aromatic rings. The van der Waals surface area contributed by atoms with Crippen molar-refractivity contribution in [3.8, 4) is 28.8 Å². The normalized spacial score (nSPS) is 20.8. The summed E-state index contributed by atoms with van der Waals surface area (Å²) in [6.45, 7) is 3.08. The number of aromatic nitrogens is 4. The topological polar surface area (TPSA) is 110 Å². The molecule has 1 aromatic carbocycles. The predicted octanol–water partition coefficient (Wildman–Crippen LogP) is 2.72. The van der Waals surface area contributed by atoms with Crippen molar-refractivity contribution >= 4 is 12.1 Å². The largest absolute Gasteiger partial charge is 0.507 e. The molecule has 0 atom stereocenters. The molecule has 1 saturated heterocycles. The third-order valence-corrected chi connectivity index (χ3v) is 6.93. The van der Waals surface area contributed by atoms with E-state index in [-0.39, 0.29) is 17.5 Å². The van der Waals surface area contributed by atoms with Crippen LogP contribution in [0.3, 0.4) is 0 Å². The van der Waals surface area contributed by atoms with Gasteiger partial charge in [0.2, 0.25) is 0 Å². The average molecular weight is 457 g/mol. The minimum atomic E-state index is 0.130. The summed E-state index contributed by atoms with van der Waals surface area (Å²) in [5, 5.41) is 22.7. The van der Waals surface area contributed by atoms with E-state index < -0.39 is 0 Å². The fourth-order valence-corrected chi connectivity index (χ4v) is 4.79. The second-order valence-corrected chi connectivity index (χ2v) is 9.25. The number of hydrogen-bond acceptors (Lipinski definition) is 7. The minimum Gasteiger partial charge on any atom is -0.507 e. The lowest BCUT2D eigenvalue weighted by Crippen LogP contribution is -2.48. The number of hydrogen-bond donors (Lipinski definition) is 2. The summed E-state index contributed by atoms with van der Waals surface area (Å²) >= 11 is 0. The second-order valence-electron chi connectivity index (χ2n) is 9.25.